The molecule has 0 spiro atoms. The quantitative estimate of drug-likeness (QED) is 0.587. The van der Waals surface area contributed by atoms with Crippen molar-refractivity contribution in [2.75, 3.05) is 24.5 Å². The minimum absolute atomic E-state index is 0.129. The highest BCUT2D eigenvalue weighted by atomic mass is 16.6. The van der Waals surface area contributed by atoms with Crippen LogP contribution in [0.1, 0.15) is 37.3 Å². The predicted molar refractivity (Wildman–Crippen MR) is 110 cm³/mol. The number of non-ortho nitro benzene ring substituents is 1. The molecule has 6 nitrogen and oxygen atoms in total. The summed E-state index contributed by atoms with van der Waals surface area (Å²) in [6, 6.07) is 15.7. The topological polar surface area (TPSA) is 62.0 Å². The summed E-state index contributed by atoms with van der Waals surface area (Å²) in [5.74, 6) is 1.40. The number of nitrogens with zero attached hydrogens (tertiary/aromatic N) is 4. The molecule has 144 valence electrons. The van der Waals surface area contributed by atoms with E-state index < -0.39 is 0 Å². The SMILES string of the molecule is CC1(C)CN=C2c3ccccc3N3CCC(c4ccc([N+](=O)[O-])cc4)C3N2C1. The second-order valence-corrected chi connectivity index (χ2v) is 8.80. The molecule has 0 bridgehead atoms. The standard InChI is InChI=1S/C22H24N4O2/c1-22(2)13-23-20-18-5-3-4-6-19(18)24-12-11-17(21(24)25(20)14-22)15-7-9-16(10-8-15)26(27)28/h3-10,17,21H,11-14H2,1-2H3. The molecule has 0 amide bonds. The molecule has 1 fully saturated rings. The lowest BCUT2D eigenvalue weighted by atomic mass is 9.86. The number of nitro groups is 1. The molecule has 0 aliphatic carbocycles. The van der Waals surface area contributed by atoms with Crippen molar-refractivity contribution in [3.05, 3.63) is 69.8 Å². The van der Waals surface area contributed by atoms with Gasteiger partial charge in [0.2, 0.25) is 0 Å². The first kappa shape index (κ1) is 17.2. The molecule has 28 heavy (non-hydrogen) atoms. The lowest BCUT2D eigenvalue weighted by molar-refractivity contribution is -0.384. The van der Waals surface area contributed by atoms with Crippen LogP contribution >= 0.6 is 0 Å². The highest BCUT2D eigenvalue weighted by Crippen LogP contribution is 2.45. The van der Waals surface area contributed by atoms with Gasteiger partial charge in [-0.25, -0.2) is 0 Å². The van der Waals surface area contributed by atoms with Gasteiger partial charge >= 0.3 is 0 Å². The minimum Gasteiger partial charge on any atom is -0.350 e. The largest absolute Gasteiger partial charge is 0.350 e. The highest BCUT2D eigenvalue weighted by Gasteiger charge is 2.47. The molecular weight excluding hydrogens is 352 g/mol. The summed E-state index contributed by atoms with van der Waals surface area (Å²) < 4.78 is 0. The first-order valence-electron chi connectivity index (χ1n) is 9.86. The molecule has 0 saturated carbocycles. The zero-order chi connectivity index (χ0) is 19.5. The Labute approximate surface area is 164 Å². The molecule has 6 heteroatoms. The van der Waals surface area contributed by atoms with E-state index in [0.717, 1.165) is 31.9 Å². The van der Waals surface area contributed by atoms with Gasteiger partial charge in [0.25, 0.3) is 5.69 Å². The average molecular weight is 376 g/mol. The van der Waals surface area contributed by atoms with Gasteiger partial charge in [-0.05, 0) is 24.1 Å². The average Bonchev–Trinajstić information content (AvgIpc) is 3.13. The molecular formula is C22H24N4O2. The van der Waals surface area contributed by atoms with Crippen LogP contribution in [0.3, 0.4) is 0 Å². The molecule has 2 atom stereocenters. The summed E-state index contributed by atoms with van der Waals surface area (Å²) in [4.78, 5) is 20.7. The Bertz CT molecular complexity index is 967. The Kier molecular flexibility index (Phi) is 3.73. The summed E-state index contributed by atoms with van der Waals surface area (Å²) in [5.41, 5.74) is 3.92. The summed E-state index contributed by atoms with van der Waals surface area (Å²) >= 11 is 0. The molecule has 0 radical (unpaired) electrons. The van der Waals surface area contributed by atoms with E-state index in [9.17, 15) is 10.1 Å². The molecule has 5 rings (SSSR count). The van der Waals surface area contributed by atoms with E-state index in [1.807, 2.05) is 12.1 Å². The second-order valence-electron chi connectivity index (χ2n) is 8.80. The number of fused-ring (bicyclic) bond motifs is 6. The lowest BCUT2D eigenvalue weighted by Gasteiger charge is -2.50. The summed E-state index contributed by atoms with van der Waals surface area (Å²) in [7, 11) is 0. The zero-order valence-electron chi connectivity index (χ0n) is 16.2. The van der Waals surface area contributed by atoms with Crippen LogP contribution in [0, 0.1) is 15.5 Å². The van der Waals surface area contributed by atoms with Gasteiger partial charge in [-0.3, -0.25) is 15.1 Å². The fourth-order valence-corrected chi connectivity index (χ4v) is 4.94. The molecule has 3 aliphatic rings. The van der Waals surface area contributed by atoms with Gasteiger partial charge in [0, 0.05) is 54.4 Å². The van der Waals surface area contributed by atoms with Gasteiger partial charge in [0.15, 0.2) is 0 Å². The number of anilines is 1. The third-order valence-corrected chi connectivity index (χ3v) is 6.19. The maximum atomic E-state index is 11.0. The van der Waals surface area contributed by atoms with Gasteiger partial charge < -0.3 is 9.80 Å². The van der Waals surface area contributed by atoms with Crippen molar-refractivity contribution in [3.63, 3.8) is 0 Å². The predicted octanol–water partition coefficient (Wildman–Crippen LogP) is 4.02. The second kappa shape index (κ2) is 6.06. The fourth-order valence-electron chi connectivity index (χ4n) is 4.94. The molecule has 3 aliphatic heterocycles. The number of nitro benzene ring substituents is 1. The monoisotopic (exact) mass is 376 g/mol. The normalized spacial score (nSPS) is 24.9. The Morgan fingerprint density at radius 2 is 1.86 bits per heavy atom. The summed E-state index contributed by atoms with van der Waals surface area (Å²) in [5, 5.41) is 11.0. The number of benzene rings is 2. The van der Waals surface area contributed by atoms with E-state index in [2.05, 4.69) is 47.9 Å². The molecule has 2 aromatic rings. The smallest absolute Gasteiger partial charge is 0.269 e. The van der Waals surface area contributed by atoms with Crippen molar-refractivity contribution in [1.82, 2.24) is 4.90 Å². The number of hydrogen-bond donors (Lipinski definition) is 0. The van der Waals surface area contributed by atoms with Crippen LogP contribution in [-0.4, -0.2) is 41.5 Å². The maximum absolute atomic E-state index is 11.0. The van der Waals surface area contributed by atoms with Crippen LogP contribution in [0.25, 0.3) is 0 Å². The van der Waals surface area contributed by atoms with Crippen LogP contribution in [0.15, 0.2) is 53.5 Å². The number of amidine groups is 1. The molecule has 2 aromatic carbocycles. The lowest BCUT2D eigenvalue weighted by Crippen LogP contribution is -2.59. The molecule has 0 N–H and O–H groups in total. The van der Waals surface area contributed by atoms with E-state index in [4.69, 9.17) is 4.99 Å². The van der Waals surface area contributed by atoms with Crippen molar-refractivity contribution >= 4 is 17.2 Å². The van der Waals surface area contributed by atoms with Gasteiger partial charge in [-0.15, -0.1) is 0 Å². The van der Waals surface area contributed by atoms with Crippen molar-refractivity contribution in [2.24, 2.45) is 10.4 Å². The van der Waals surface area contributed by atoms with Gasteiger partial charge in [0.1, 0.15) is 12.0 Å². The summed E-state index contributed by atoms with van der Waals surface area (Å²) in [6.07, 6.45) is 1.23. The molecule has 2 unspecified atom stereocenters. The van der Waals surface area contributed by atoms with Gasteiger partial charge in [-0.2, -0.15) is 0 Å². The van der Waals surface area contributed by atoms with Crippen LogP contribution in [0.5, 0.6) is 0 Å². The first-order valence-corrected chi connectivity index (χ1v) is 9.86. The van der Waals surface area contributed by atoms with Crippen LogP contribution in [0.4, 0.5) is 11.4 Å². The Morgan fingerprint density at radius 1 is 1.11 bits per heavy atom. The fraction of sp³-hybridized carbons (Fsp3) is 0.409. The first-order chi connectivity index (χ1) is 13.4. The van der Waals surface area contributed by atoms with Crippen molar-refractivity contribution in [3.8, 4) is 0 Å². The van der Waals surface area contributed by atoms with E-state index in [1.54, 1.807) is 12.1 Å². The van der Waals surface area contributed by atoms with E-state index >= 15 is 0 Å². The van der Waals surface area contributed by atoms with Gasteiger partial charge in [-0.1, -0.05) is 38.1 Å². The van der Waals surface area contributed by atoms with Crippen molar-refractivity contribution < 1.29 is 4.92 Å². The van der Waals surface area contributed by atoms with Crippen molar-refractivity contribution in [1.29, 1.82) is 0 Å². The maximum Gasteiger partial charge on any atom is 0.269 e. The molecule has 3 heterocycles. The summed E-state index contributed by atoms with van der Waals surface area (Å²) in [6.45, 7) is 7.32. The Hall–Kier alpha value is -2.89. The van der Waals surface area contributed by atoms with E-state index in [-0.39, 0.29) is 22.2 Å². The number of para-hydroxylation sites is 1. The number of rotatable bonds is 2. The number of aliphatic imine (C=N–C) groups is 1. The van der Waals surface area contributed by atoms with Crippen LogP contribution in [0.2, 0.25) is 0 Å². The molecule has 0 aromatic heterocycles. The Morgan fingerprint density at radius 3 is 2.61 bits per heavy atom. The van der Waals surface area contributed by atoms with Crippen LogP contribution in [-0.2, 0) is 0 Å². The minimum atomic E-state index is -0.334. The Balaban J connectivity index is 1.59. The van der Waals surface area contributed by atoms with Crippen LogP contribution < -0.4 is 4.90 Å². The van der Waals surface area contributed by atoms with Gasteiger partial charge in [0.05, 0.1) is 4.92 Å². The van der Waals surface area contributed by atoms with Crippen molar-refractivity contribution in [2.45, 2.75) is 32.4 Å². The number of hydrogen-bond acceptors (Lipinski definition) is 5. The highest BCUT2D eigenvalue weighted by molar-refractivity contribution is 6.06. The molecule has 1 saturated heterocycles. The zero-order valence-corrected chi connectivity index (χ0v) is 16.2. The van der Waals surface area contributed by atoms with E-state index in [0.29, 0.717) is 5.92 Å². The third kappa shape index (κ3) is 2.58. The third-order valence-electron chi connectivity index (χ3n) is 6.19. The van der Waals surface area contributed by atoms with E-state index in [1.165, 1.54) is 16.8 Å².